The first-order valence-corrected chi connectivity index (χ1v) is 4.46. The zero-order valence-corrected chi connectivity index (χ0v) is 8.31. The van der Waals surface area contributed by atoms with Gasteiger partial charge in [-0.15, -0.1) is 6.42 Å². The van der Waals surface area contributed by atoms with Crippen molar-refractivity contribution in [2.24, 2.45) is 0 Å². The third-order valence-corrected chi connectivity index (χ3v) is 1.78. The Labute approximate surface area is 87.2 Å². The first kappa shape index (κ1) is 11.5. The molecular formula is C11H11F2NO. The minimum Gasteiger partial charge on any atom is -0.362 e. The fourth-order valence-electron chi connectivity index (χ4n) is 1.04. The highest BCUT2D eigenvalue weighted by molar-refractivity contribution is 5.58. The van der Waals surface area contributed by atoms with E-state index < -0.39 is 11.6 Å². The second-order valence-electron chi connectivity index (χ2n) is 2.77. The van der Waals surface area contributed by atoms with Crippen LogP contribution in [0.15, 0.2) is 12.1 Å². The van der Waals surface area contributed by atoms with E-state index in [1.807, 2.05) is 6.92 Å². The number of benzene rings is 1. The van der Waals surface area contributed by atoms with Crippen LogP contribution in [-0.2, 0) is 4.74 Å². The third kappa shape index (κ3) is 2.93. The Morgan fingerprint density at radius 1 is 1.40 bits per heavy atom. The smallest absolute Gasteiger partial charge is 0.160 e. The highest BCUT2D eigenvalue weighted by Crippen LogP contribution is 2.18. The van der Waals surface area contributed by atoms with Gasteiger partial charge in [0.15, 0.2) is 11.6 Å². The Hall–Kier alpha value is -1.60. The average Bonchev–Trinajstić information content (AvgIpc) is 2.23. The van der Waals surface area contributed by atoms with Gasteiger partial charge in [-0.3, -0.25) is 0 Å². The van der Waals surface area contributed by atoms with E-state index in [2.05, 4.69) is 11.2 Å². The van der Waals surface area contributed by atoms with E-state index in [1.54, 1.807) is 0 Å². The van der Waals surface area contributed by atoms with Gasteiger partial charge in [-0.25, -0.2) is 8.78 Å². The van der Waals surface area contributed by atoms with Crippen LogP contribution in [0, 0.1) is 24.0 Å². The molecule has 0 bridgehead atoms. The third-order valence-electron chi connectivity index (χ3n) is 1.78. The average molecular weight is 211 g/mol. The van der Waals surface area contributed by atoms with Crippen molar-refractivity contribution in [1.82, 2.24) is 0 Å². The van der Waals surface area contributed by atoms with Crippen molar-refractivity contribution in [2.75, 3.05) is 18.7 Å². The molecule has 0 aliphatic heterocycles. The van der Waals surface area contributed by atoms with Crippen LogP contribution in [0.2, 0.25) is 0 Å². The van der Waals surface area contributed by atoms with E-state index in [0.29, 0.717) is 12.3 Å². The molecule has 0 aliphatic carbocycles. The molecule has 1 aromatic carbocycles. The molecular weight excluding hydrogens is 200 g/mol. The summed E-state index contributed by atoms with van der Waals surface area (Å²) >= 11 is 0. The Morgan fingerprint density at radius 2 is 2.07 bits per heavy atom. The zero-order chi connectivity index (χ0) is 11.3. The van der Waals surface area contributed by atoms with Crippen LogP contribution >= 0.6 is 0 Å². The molecule has 2 nitrogen and oxygen atoms in total. The molecule has 1 aromatic rings. The number of hydrogen-bond donors (Lipinski definition) is 1. The summed E-state index contributed by atoms with van der Waals surface area (Å²) in [5.41, 5.74) is 0.624. The standard InChI is InChI=1S/C11H11F2NO/c1-3-8-5-9(12)10(13)6-11(8)14-7-15-4-2/h1,5-6,14H,4,7H2,2H3. The van der Waals surface area contributed by atoms with Gasteiger partial charge in [0.1, 0.15) is 6.73 Å². The van der Waals surface area contributed by atoms with Crippen LogP contribution in [0.25, 0.3) is 0 Å². The first-order valence-electron chi connectivity index (χ1n) is 4.46. The fourth-order valence-corrected chi connectivity index (χ4v) is 1.04. The van der Waals surface area contributed by atoms with Crippen LogP contribution < -0.4 is 5.32 Å². The van der Waals surface area contributed by atoms with Crippen molar-refractivity contribution in [3.8, 4) is 12.3 Å². The van der Waals surface area contributed by atoms with Gasteiger partial charge in [0.25, 0.3) is 0 Å². The minimum absolute atomic E-state index is 0.205. The summed E-state index contributed by atoms with van der Waals surface area (Å²) in [6.45, 7) is 2.56. The van der Waals surface area contributed by atoms with Gasteiger partial charge in [0, 0.05) is 12.7 Å². The molecule has 0 amide bonds. The summed E-state index contributed by atoms with van der Waals surface area (Å²) in [7, 11) is 0. The van der Waals surface area contributed by atoms with Gasteiger partial charge in [-0.05, 0) is 13.0 Å². The molecule has 0 spiro atoms. The molecule has 1 N–H and O–H groups in total. The molecule has 15 heavy (non-hydrogen) atoms. The first-order chi connectivity index (χ1) is 7.19. The van der Waals surface area contributed by atoms with Gasteiger partial charge in [-0.2, -0.15) is 0 Å². The number of rotatable bonds is 4. The lowest BCUT2D eigenvalue weighted by atomic mass is 10.2. The molecule has 4 heteroatoms. The van der Waals surface area contributed by atoms with Crippen molar-refractivity contribution in [3.63, 3.8) is 0 Å². The lowest BCUT2D eigenvalue weighted by Gasteiger charge is -2.09. The number of nitrogens with one attached hydrogen (secondary N) is 1. The van der Waals surface area contributed by atoms with Crippen molar-refractivity contribution in [2.45, 2.75) is 6.92 Å². The molecule has 0 aliphatic rings. The number of halogens is 2. The summed E-state index contributed by atoms with van der Waals surface area (Å²) in [6, 6.07) is 1.99. The van der Waals surface area contributed by atoms with Gasteiger partial charge in [0.2, 0.25) is 0 Å². The van der Waals surface area contributed by atoms with Crippen molar-refractivity contribution < 1.29 is 13.5 Å². The molecule has 0 radical (unpaired) electrons. The van der Waals surface area contributed by atoms with Crippen LogP contribution in [0.1, 0.15) is 12.5 Å². The van der Waals surface area contributed by atoms with Crippen LogP contribution in [0.5, 0.6) is 0 Å². The Balaban J connectivity index is 2.86. The van der Waals surface area contributed by atoms with E-state index >= 15 is 0 Å². The maximum Gasteiger partial charge on any atom is 0.160 e. The fraction of sp³-hybridized carbons (Fsp3) is 0.273. The van der Waals surface area contributed by atoms with Gasteiger partial charge in [0.05, 0.1) is 11.3 Å². The highest BCUT2D eigenvalue weighted by atomic mass is 19.2. The van der Waals surface area contributed by atoms with E-state index in [9.17, 15) is 8.78 Å². The van der Waals surface area contributed by atoms with E-state index in [4.69, 9.17) is 11.2 Å². The van der Waals surface area contributed by atoms with Crippen molar-refractivity contribution >= 4 is 5.69 Å². The molecule has 0 saturated heterocycles. The molecule has 0 heterocycles. The second-order valence-corrected chi connectivity index (χ2v) is 2.77. The van der Waals surface area contributed by atoms with Gasteiger partial charge in [-0.1, -0.05) is 5.92 Å². The molecule has 0 atom stereocenters. The van der Waals surface area contributed by atoms with Gasteiger partial charge >= 0.3 is 0 Å². The monoisotopic (exact) mass is 211 g/mol. The Kier molecular flexibility index (Phi) is 4.07. The minimum atomic E-state index is -0.954. The molecule has 1 rings (SSSR count). The Morgan fingerprint density at radius 3 is 2.67 bits per heavy atom. The summed E-state index contributed by atoms with van der Waals surface area (Å²) in [5.74, 6) is 0.375. The van der Waals surface area contributed by atoms with E-state index in [1.165, 1.54) is 0 Å². The SMILES string of the molecule is C#Cc1cc(F)c(F)cc1NCOCC. The molecule has 0 saturated carbocycles. The lowest BCUT2D eigenvalue weighted by Crippen LogP contribution is -2.07. The summed E-state index contributed by atoms with van der Waals surface area (Å²) in [6.07, 6.45) is 5.15. The number of ether oxygens (including phenoxy) is 1. The molecule has 80 valence electrons. The quantitative estimate of drug-likeness (QED) is 0.469. The predicted octanol–water partition coefficient (Wildman–Crippen LogP) is 2.35. The maximum absolute atomic E-state index is 12.9. The highest BCUT2D eigenvalue weighted by Gasteiger charge is 2.07. The topological polar surface area (TPSA) is 21.3 Å². The predicted molar refractivity (Wildman–Crippen MR) is 54.4 cm³/mol. The molecule has 0 aromatic heterocycles. The molecule has 0 fully saturated rings. The lowest BCUT2D eigenvalue weighted by molar-refractivity contribution is 0.167. The molecule has 0 unspecified atom stereocenters. The van der Waals surface area contributed by atoms with Crippen molar-refractivity contribution in [3.05, 3.63) is 29.3 Å². The van der Waals surface area contributed by atoms with Crippen molar-refractivity contribution in [1.29, 1.82) is 0 Å². The summed E-state index contributed by atoms with van der Waals surface area (Å²) in [4.78, 5) is 0. The summed E-state index contributed by atoms with van der Waals surface area (Å²) in [5, 5.41) is 2.76. The largest absolute Gasteiger partial charge is 0.362 e. The Bertz CT molecular complexity index is 385. The number of hydrogen-bond acceptors (Lipinski definition) is 2. The zero-order valence-electron chi connectivity index (χ0n) is 8.31. The number of anilines is 1. The van der Waals surface area contributed by atoms with Gasteiger partial charge < -0.3 is 10.1 Å². The number of terminal acetylenes is 1. The van der Waals surface area contributed by atoms with E-state index in [0.717, 1.165) is 12.1 Å². The normalized spacial score (nSPS) is 9.73. The maximum atomic E-state index is 12.9. The van der Waals surface area contributed by atoms with E-state index in [-0.39, 0.29) is 12.3 Å². The van der Waals surface area contributed by atoms with Crippen LogP contribution in [0.3, 0.4) is 0 Å². The van der Waals surface area contributed by atoms with Crippen LogP contribution in [0.4, 0.5) is 14.5 Å². The second kappa shape index (κ2) is 5.32. The van der Waals surface area contributed by atoms with Crippen LogP contribution in [-0.4, -0.2) is 13.3 Å². The summed E-state index contributed by atoms with van der Waals surface area (Å²) < 4.78 is 30.7.